The summed E-state index contributed by atoms with van der Waals surface area (Å²) >= 11 is 1.89. The number of carbonyl (C=O) groups is 1. The molecule has 2 rings (SSSR count). The Morgan fingerprint density at radius 3 is 2.61 bits per heavy atom. The van der Waals surface area contributed by atoms with Gasteiger partial charge in [0.15, 0.2) is 0 Å². The average Bonchev–Trinajstić information content (AvgIpc) is 2.88. The topological polar surface area (TPSA) is 49.3 Å². The van der Waals surface area contributed by atoms with E-state index in [-0.39, 0.29) is 5.91 Å². The lowest BCUT2D eigenvalue weighted by atomic mass is 9.96. The number of carbonyl (C=O) groups excluding carboxylic acids is 1. The Hall–Kier alpha value is -0.220. The van der Waals surface area contributed by atoms with Crippen molar-refractivity contribution in [3.05, 3.63) is 0 Å². The predicted octanol–water partition coefficient (Wildman–Crippen LogP) is 2.33. The first-order valence-electron chi connectivity index (χ1n) is 7.25. The fourth-order valence-corrected chi connectivity index (χ4v) is 4.17. The van der Waals surface area contributed by atoms with E-state index in [2.05, 4.69) is 5.32 Å². The van der Waals surface area contributed by atoms with Crippen LogP contribution in [0, 0.1) is 5.92 Å². The lowest BCUT2D eigenvalue weighted by Gasteiger charge is -2.31. The first kappa shape index (κ1) is 14.2. The summed E-state index contributed by atoms with van der Waals surface area (Å²) in [5.41, 5.74) is -0.645. The van der Waals surface area contributed by atoms with Crippen molar-refractivity contribution in [3.63, 3.8) is 0 Å². The van der Waals surface area contributed by atoms with Gasteiger partial charge < -0.3 is 10.4 Å². The molecule has 0 spiro atoms. The van der Waals surface area contributed by atoms with Gasteiger partial charge in [-0.15, -0.1) is 0 Å². The Kier molecular flexibility index (Phi) is 5.37. The van der Waals surface area contributed by atoms with Crippen molar-refractivity contribution < 1.29 is 9.90 Å². The van der Waals surface area contributed by atoms with E-state index in [0.717, 1.165) is 36.7 Å². The van der Waals surface area contributed by atoms with Gasteiger partial charge in [-0.2, -0.15) is 11.8 Å². The Morgan fingerprint density at radius 1 is 1.28 bits per heavy atom. The number of thioether (sulfide) groups is 1. The number of nitrogens with one attached hydrogen (secondary N) is 1. The van der Waals surface area contributed by atoms with Crippen molar-refractivity contribution in [2.45, 2.75) is 57.0 Å². The van der Waals surface area contributed by atoms with Gasteiger partial charge in [0.1, 0.15) is 0 Å². The average molecular weight is 271 g/mol. The van der Waals surface area contributed by atoms with E-state index < -0.39 is 5.60 Å². The highest BCUT2D eigenvalue weighted by Gasteiger charge is 2.29. The minimum Gasteiger partial charge on any atom is -0.388 e. The van der Waals surface area contributed by atoms with Crippen molar-refractivity contribution in [1.29, 1.82) is 0 Å². The summed E-state index contributed by atoms with van der Waals surface area (Å²) in [4.78, 5) is 11.8. The second kappa shape index (κ2) is 6.80. The molecule has 0 atom stereocenters. The molecule has 3 nitrogen and oxygen atoms in total. The van der Waals surface area contributed by atoms with Gasteiger partial charge >= 0.3 is 0 Å². The molecule has 2 N–H and O–H groups in total. The predicted molar refractivity (Wildman–Crippen MR) is 75.7 cm³/mol. The van der Waals surface area contributed by atoms with Crippen LogP contribution in [0.15, 0.2) is 0 Å². The first-order chi connectivity index (χ1) is 8.68. The van der Waals surface area contributed by atoms with Crippen molar-refractivity contribution in [2.75, 3.05) is 18.1 Å². The van der Waals surface area contributed by atoms with Crippen LogP contribution in [-0.4, -0.2) is 34.7 Å². The van der Waals surface area contributed by atoms with E-state index >= 15 is 0 Å². The first-order valence-corrected chi connectivity index (χ1v) is 8.40. The van der Waals surface area contributed by atoms with Crippen LogP contribution in [-0.2, 0) is 4.79 Å². The Bertz CT molecular complexity index is 271. The zero-order chi connectivity index (χ0) is 12.8. The highest BCUT2D eigenvalue weighted by Crippen LogP contribution is 2.29. The monoisotopic (exact) mass is 271 g/mol. The third-order valence-electron chi connectivity index (χ3n) is 4.29. The molecule has 1 saturated heterocycles. The molecule has 1 saturated carbocycles. The van der Waals surface area contributed by atoms with Gasteiger partial charge in [0.2, 0.25) is 5.91 Å². The lowest BCUT2D eigenvalue weighted by Crippen LogP contribution is -2.45. The van der Waals surface area contributed by atoms with E-state index in [1.807, 2.05) is 11.8 Å². The second-order valence-corrected chi connectivity index (χ2v) is 7.03. The maximum absolute atomic E-state index is 11.8. The van der Waals surface area contributed by atoms with Crippen LogP contribution in [0.2, 0.25) is 0 Å². The molecule has 0 aromatic carbocycles. The van der Waals surface area contributed by atoms with Crippen LogP contribution < -0.4 is 5.32 Å². The third-order valence-corrected chi connectivity index (χ3v) is 5.28. The molecule has 1 heterocycles. The zero-order valence-electron chi connectivity index (χ0n) is 11.1. The summed E-state index contributed by atoms with van der Waals surface area (Å²) in [6.07, 6.45) is 8.55. The SMILES string of the molecule is O=C(CCC1CCCC1)NCC1(O)CCSCC1. The Morgan fingerprint density at radius 2 is 1.94 bits per heavy atom. The molecule has 0 aromatic rings. The number of hydrogen-bond acceptors (Lipinski definition) is 3. The van der Waals surface area contributed by atoms with E-state index in [0.29, 0.717) is 13.0 Å². The summed E-state index contributed by atoms with van der Waals surface area (Å²) < 4.78 is 0. The lowest BCUT2D eigenvalue weighted by molar-refractivity contribution is -0.122. The smallest absolute Gasteiger partial charge is 0.220 e. The highest BCUT2D eigenvalue weighted by molar-refractivity contribution is 7.99. The summed E-state index contributed by atoms with van der Waals surface area (Å²) in [6, 6.07) is 0. The van der Waals surface area contributed by atoms with Crippen LogP contribution in [0.4, 0.5) is 0 Å². The van der Waals surface area contributed by atoms with E-state index in [9.17, 15) is 9.90 Å². The fourth-order valence-electron chi connectivity index (χ4n) is 2.91. The van der Waals surface area contributed by atoms with Gasteiger partial charge in [0.25, 0.3) is 0 Å². The van der Waals surface area contributed by atoms with Crippen LogP contribution in [0.1, 0.15) is 51.4 Å². The zero-order valence-corrected chi connectivity index (χ0v) is 11.9. The Balaban J connectivity index is 1.61. The molecule has 4 heteroatoms. The normalized spacial score (nSPS) is 24.1. The van der Waals surface area contributed by atoms with Crippen LogP contribution in [0.25, 0.3) is 0 Å². The van der Waals surface area contributed by atoms with Crippen molar-refractivity contribution in [1.82, 2.24) is 5.32 Å². The maximum atomic E-state index is 11.8. The molecule has 0 unspecified atom stereocenters. The molecule has 0 aromatic heterocycles. The van der Waals surface area contributed by atoms with E-state index in [4.69, 9.17) is 0 Å². The van der Waals surface area contributed by atoms with Crippen LogP contribution in [0.3, 0.4) is 0 Å². The molecule has 2 aliphatic rings. The minimum atomic E-state index is -0.645. The Labute approximate surface area is 114 Å². The molecule has 0 radical (unpaired) electrons. The molecule has 1 amide bonds. The molecule has 18 heavy (non-hydrogen) atoms. The molecule has 1 aliphatic heterocycles. The van der Waals surface area contributed by atoms with Crippen molar-refractivity contribution in [2.24, 2.45) is 5.92 Å². The maximum Gasteiger partial charge on any atom is 0.220 e. The molecular formula is C14H25NO2S. The third kappa shape index (κ3) is 4.47. The van der Waals surface area contributed by atoms with E-state index in [1.165, 1.54) is 25.7 Å². The number of aliphatic hydroxyl groups is 1. The van der Waals surface area contributed by atoms with Crippen LogP contribution >= 0.6 is 11.8 Å². The summed E-state index contributed by atoms with van der Waals surface area (Å²) in [6.45, 7) is 0.442. The van der Waals surface area contributed by atoms with Crippen LogP contribution in [0.5, 0.6) is 0 Å². The quantitative estimate of drug-likeness (QED) is 0.807. The molecule has 0 bridgehead atoms. The summed E-state index contributed by atoms with van der Waals surface area (Å²) in [7, 11) is 0. The number of rotatable bonds is 5. The number of hydrogen-bond donors (Lipinski definition) is 2. The van der Waals surface area contributed by atoms with E-state index in [1.54, 1.807) is 0 Å². The molecule has 1 aliphatic carbocycles. The highest BCUT2D eigenvalue weighted by atomic mass is 32.2. The van der Waals surface area contributed by atoms with Gasteiger partial charge in [0, 0.05) is 13.0 Å². The second-order valence-electron chi connectivity index (χ2n) is 5.80. The molecule has 104 valence electrons. The van der Waals surface area contributed by atoms with Crippen molar-refractivity contribution >= 4 is 17.7 Å². The van der Waals surface area contributed by atoms with Gasteiger partial charge in [0.05, 0.1) is 5.60 Å². The fraction of sp³-hybridized carbons (Fsp3) is 0.929. The summed E-state index contributed by atoms with van der Waals surface area (Å²) in [5, 5.41) is 13.2. The molecular weight excluding hydrogens is 246 g/mol. The minimum absolute atomic E-state index is 0.119. The van der Waals surface area contributed by atoms with Gasteiger partial charge in [-0.25, -0.2) is 0 Å². The van der Waals surface area contributed by atoms with Gasteiger partial charge in [-0.1, -0.05) is 25.7 Å². The number of amides is 1. The standard InChI is InChI=1S/C14H25NO2S/c16-13(6-5-12-3-1-2-4-12)15-11-14(17)7-9-18-10-8-14/h12,17H,1-11H2,(H,15,16). The van der Waals surface area contributed by atoms with Crippen molar-refractivity contribution in [3.8, 4) is 0 Å². The molecule has 2 fully saturated rings. The largest absolute Gasteiger partial charge is 0.388 e. The van der Waals surface area contributed by atoms with Gasteiger partial charge in [-0.05, 0) is 36.7 Å². The van der Waals surface area contributed by atoms with Gasteiger partial charge in [-0.3, -0.25) is 4.79 Å². The summed E-state index contributed by atoms with van der Waals surface area (Å²) in [5.74, 6) is 2.90.